The Balaban J connectivity index is 1.97. The molecule has 1 fully saturated rings. The van der Waals surface area contributed by atoms with E-state index in [2.05, 4.69) is 5.32 Å². The molecule has 1 aromatic carbocycles. The Bertz CT molecular complexity index is 450. The van der Waals surface area contributed by atoms with Gasteiger partial charge >= 0.3 is 0 Å². The van der Waals surface area contributed by atoms with Crippen LogP contribution in [0.3, 0.4) is 0 Å². The fourth-order valence-electron chi connectivity index (χ4n) is 2.70. The Morgan fingerprint density at radius 3 is 2.84 bits per heavy atom. The maximum absolute atomic E-state index is 13.6. The lowest BCUT2D eigenvalue weighted by molar-refractivity contribution is -0.126. The van der Waals surface area contributed by atoms with E-state index >= 15 is 0 Å². The highest BCUT2D eigenvalue weighted by Crippen LogP contribution is 2.24. The van der Waals surface area contributed by atoms with Crippen molar-refractivity contribution < 1.29 is 9.18 Å². The van der Waals surface area contributed by atoms with Gasteiger partial charge in [-0.25, -0.2) is 4.39 Å². The standard InChI is InChI=1S/C15H21FN2O/c1-10(13-7-2-3-8-14(13)16)18-15(19)11-5-4-6-12(17)9-11/h2-3,7-8,10-12H,4-6,9,17H2,1H3,(H,18,19)/t10-,11?,12?/m1/s1. The molecule has 1 aliphatic rings. The Labute approximate surface area is 113 Å². The minimum atomic E-state index is -0.313. The first-order valence-corrected chi connectivity index (χ1v) is 6.88. The van der Waals surface area contributed by atoms with E-state index in [1.807, 2.05) is 0 Å². The SMILES string of the molecule is C[C@@H](NC(=O)C1CCCC(N)C1)c1ccccc1F. The number of nitrogens with two attached hydrogens (primary N) is 1. The largest absolute Gasteiger partial charge is 0.349 e. The first kappa shape index (κ1) is 14.0. The number of amides is 1. The van der Waals surface area contributed by atoms with Gasteiger partial charge in [0, 0.05) is 17.5 Å². The highest BCUT2D eigenvalue weighted by Gasteiger charge is 2.26. The summed E-state index contributed by atoms with van der Waals surface area (Å²) in [5.41, 5.74) is 6.41. The number of nitrogens with one attached hydrogen (secondary N) is 1. The minimum Gasteiger partial charge on any atom is -0.349 e. The van der Waals surface area contributed by atoms with Gasteiger partial charge in [0.2, 0.25) is 5.91 Å². The Morgan fingerprint density at radius 1 is 1.42 bits per heavy atom. The predicted octanol–water partition coefficient (Wildman–Crippen LogP) is 2.52. The van der Waals surface area contributed by atoms with E-state index in [-0.39, 0.29) is 29.7 Å². The van der Waals surface area contributed by atoms with Gasteiger partial charge in [-0.3, -0.25) is 4.79 Å². The fraction of sp³-hybridized carbons (Fsp3) is 0.533. The van der Waals surface area contributed by atoms with E-state index in [0.717, 1.165) is 25.7 Å². The average Bonchev–Trinajstić information content (AvgIpc) is 2.39. The van der Waals surface area contributed by atoms with Gasteiger partial charge in [-0.1, -0.05) is 24.6 Å². The molecule has 1 saturated carbocycles. The van der Waals surface area contributed by atoms with Gasteiger partial charge in [-0.2, -0.15) is 0 Å². The van der Waals surface area contributed by atoms with Gasteiger partial charge < -0.3 is 11.1 Å². The summed E-state index contributed by atoms with van der Waals surface area (Å²) >= 11 is 0. The topological polar surface area (TPSA) is 55.1 Å². The third kappa shape index (κ3) is 3.53. The molecule has 1 aliphatic carbocycles. The zero-order valence-electron chi connectivity index (χ0n) is 11.2. The minimum absolute atomic E-state index is 0.00842. The summed E-state index contributed by atoms with van der Waals surface area (Å²) in [5.74, 6) is -0.320. The van der Waals surface area contributed by atoms with Crippen molar-refractivity contribution in [3.05, 3.63) is 35.6 Å². The number of hydrogen-bond acceptors (Lipinski definition) is 2. The molecule has 104 valence electrons. The molecule has 0 aliphatic heterocycles. The highest BCUT2D eigenvalue weighted by molar-refractivity contribution is 5.79. The van der Waals surface area contributed by atoms with Crippen LogP contribution in [-0.2, 0) is 4.79 Å². The smallest absolute Gasteiger partial charge is 0.223 e. The number of benzene rings is 1. The third-order valence-electron chi connectivity index (χ3n) is 3.82. The second-order valence-corrected chi connectivity index (χ2v) is 5.38. The van der Waals surface area contributed by atoms with Crippen LogP contribution < -0.4 is 11.1 Å². The molecular weight excluding hydrogens is 243 g/mol. The molecule has 3 N–H and O–H groups in total. The van der Waals surface area contributed by atoms with Crippen LogP contribution in [0.2, 0.25) is 0 Å². The second-order valence-electron chi connectivity index (χ2n) is 5.38. The number of hydrogen-bond donors (Lipinski definition) is 2. The number of carbonyl (C=O) groups excluding carboxylic acids is 1. The van der Waals surface area contributed by atoms with Crippen LogP contribution >= 0.6 is 0 Å². The van der Waals surface area contributed by atoms with E-state index in [0.29, 0.717) is 5.56 Å². The molecule has 0 aromatic heterocycles. The quantitative estimate of drug-likeness (QED) is 0.881. The number of halogens is 1. The summed E-state index contributed by atoms with van der Waals surface area (Å²) < 4.78 is 13.6. The summed E-state index contributed by atoms with van der Waals surface area (Å²) in [5, 5.41) is 2.89. The first-order chi connectivity index (χ1) is 9.08. The van der Waals surface area contributed by atoms with E-state index < -0.39 is 0 Å². The molecule has 0 heterocycles. The van der Waals surface area contributed by atoms with Crippen molar-refractivity contribution in [3.8, 4) is 0 Å². The molecule has 1 aromatic rings. The Kier molecular flexibility index (Phi) is 4.53. The Morgan fingerprint density at radius 2 is 2.16 bits per heavy atom. The predicted molar refractivity (Wildman–Crippen MR) is 72.9 cm³/mol. The molecule has 0 bridgehead atoms. The maximum Gasteiger partial charge on any atom is 0.223 e. The molecule has 3 nitrogen and oxygen atoms in total. The van der Waals surface area contributed by atoms with Gasteiger partial charge in [0.15, 0.2) is 0 Å². The molecule has 4 heteroatoms. The summed E-state index contributed by atoms with van der Waals surface area (Å²) in [6.45, 7) is 1.80. The van der Waals surface area contributed by atoms with Gasteiger partial charge in [0.25, 0.3) is 0 Å². The van der Waals surface area contributed by atoms with Crippen molar-refractivity contribution in [2.75, 3.05) is 0 Å². The van der Waals surface area contributed by atoms with Crippen LogP contribution in [0.5, 0.6) is 0 Å². The summed E-state index contributed by atoms with van der Waals surface area (Å²) in [6.07, 6.45) is 3.60. The van der Waals surface area contributed by atoms with Crippen LogP contribution in [0.1, 0.15) is 44.2 Å². The number of carbonyl (C=O) groups is 1. The van der Waals surface area contributed by atoms with Gasteiger partial charge in [-0.05, 0) is 32.3 Å². The third-order valence-corrected chi connectivity index (χ3v) is 3.82. The fourth-order valence-corrected chi connectivity index (χ4v) is 2.70. The van der Waals surface area contributed by atoms with Crippen molar-refractivity contribution >= 4 is 5.91 Å². The molecular formula is C15H21FN2O. The van der Waals surface area contributed by atoms with Crippen molar-refractivity contribution in [3.63, 3.8) is 0 Å². The van der Waals surface area contributed by atoms with Crippen molar-refractivity contribution in [1.29, 1.82) is 0 Å². The van der Waals surface area contributed by atoms with Gasteiger partial charge in [0.1, 0.15) is 5.82 Å². The summed E-state index contributed by atoms with van der Waals surface area (Å²) in [7, 11) is 0. The maximum atomic E-state index is 13.6. The summed E-state index contributed by atoms with van der Waals surface area (Å²) in [4.78, 5) is 12.1. The van der Waals surface area contributed by atoms with E-state index in [1.165, 1.54) is 6.07 Å². The Hall–Kier alpha value is -1.42. The molecule has 0 saturated heterocycles. The van der Waals surface area contributed by atoms with Gasteiger partial charge in [0.05, 0.1) is 6.04 Å². The van der Waals surface area contributed by atoms with E-state index in [4.69, 9.17) is 5.73 Å². The first-order valence-electron chi connectivity index (χ1n) is 6.88. The normalized spacial score (nSPS) is 24.8. The second kappa shape index (κ2) is 6.15. The van der Waals surface area contributed by atoms with Crippen LogP contribution in [0.25, 0.3) is 0 Å². The highest BCUT2D eigenvalue weighted by atomic mass is 19.1. The molecule has 0 spiro atoms. The molecule has 0 radical (unpaired) electrons. The van der Waals surface area contributed by atoms with Crippen molar-refractivity contribution in [1.82, 2.24) is 5.32 Å². The zero-order chi connectivity index (χ0) is 13.8. The summed E-state index contributed by atoms with van der Waals surface area (Å²) in [6, 6.07) is 6.34. The zero-order valence-corrected chi connectivity index (χ0v) is 11.2. The molecule has 2 unspecified atom stereocenters. The molecule has 2 rings (SSSR count). The molecule has 1 amide bonds. The van der Waals surface area contributed by atoms with E-state index in [9.17, 15) is 9.18 Å². The van der Waals surface area contributed by atoms with Crippen LogP contribution in [-0.4, -0.2) is 11.9 Å². The monoisotopic (exact) mass is 264 g/mol. The lowest BCUT2D eigenvalue weighted by Crippen LogP contribution is -2.38. The average molecular weight is 264 g/mol. The molecule has 19 heavy (non-hydrogen) atoms. The van der Waals surface area contributed by atoms with Gasteiger partial charge in [-0.15, -0.1) is 0 Å². The van der Waals surface area contributed by atoms with Crippen LogP contribution in [0.4, 0.5) is 4.39 Å². The van der Waals surface area contributed by atoms with Crippen molar-refractivity contribution in [2.24, 2.45) is 11.7 Å². The number of rotatable bonds is 3. The molecule has 3 atom stereocenters. The van der Waals surface area contributed by atoms with Crippen LogP contribution in [0.15, 0.2) is 24.3 Å². The lowest BCUT2D eigenvalue weighted by atomic mass is 9.85. The lowest BCUT2D eigenvalue weighted by Gasteiger charge is -2.27. The van der Waals surface area contributed by atoms with Crippen molar-refractivity contribution in [2.45, 2.75) is 44.7 Å². The van der Waals surface area contributed by atoms with E-state index in [1.54, 1.807) is 25.1 Å². The van der Waals surface area contributed by atoms with Crippen LogP contribution in [0, 0.1) is 11.7 Å².